The Morgan fingerprint density at radius 1 is 1.37 bits per heavy atom. The van der Waals surface area contributed by atoms with E-state index in [0.717, 1.165) is 43.1 Å². The average molecular weight is 288 g/mol. The predicted molar refractivity (Wildman–Crippen MR) is 71.5 cm³/mol. The van der Waals surface area contributed by atoms with Crippen LogP contribution in [-0.4, -0.2) is 28.1 Å². The number of nitrogens with zero attached hydrogens (tertiary/aromatic N) is 2. The molecule has 0 aliphatic carbocycles. The molecule has 0 atom stereocenters. The summed E-state index contributed by atoms with van der Waals surface area (Å²) in [5.74, 6) is 1.03. The second-order valence-corrected chi connectivity index (χ2v) is 5.57. The molecule has 1 aliphatic rings. The van der Waals surface area contributed by atoms with Gasteiger partial charge in [-0.1, -0.05) is 24.9 Å². The molecule has 0 spiro atoms. The minimum Gasteiger partial charge on any atom is -0.256 e. The van der Waals surface area contributed by atoms with E-state index in [-0.39, 0.29) is 0 Å². The molecule has 0 amide bonds. The zero-order valence-corrected chi connectivity index (χ0v) is 11.4. The van der Waals surface area contributed by atoms with Gasteiger partial charge in [0.05, 0.1) is 11.3 Å². The van der Waals surface area contributed by atoms with Gasteiger partial charge in [-0.3, -0.25) is 4.98 Å². The molecule has 0 saturated heterocycles. The van der Waals surface area contributed by atoms with Crippen molar-refractivity contribution < 1.29 is 13.2 Å². The van der Waals surface area contributed by atoms with Gasteiger partial charge in [-0.2, -0.15) is 13.2 Å². The summed E-state index contributed by atoms with van der Waals surface area (Å²) >= 11 is 1.77. The first kappa shape index (κ1) is 14.4. The van der Waals surface area contributed by atoms with E-state index in [2.05, 4.69) is 16.2 Å². The lowest BCUT2D eigenvalue weighted by molar-refractivity contribution is -0.137. The Hall–Kier alpha value is -1.01. The largest absolute Gasteiger partial charge is 0.417 e. The van der Waals surface area contributed by atoms with Crippen molar-refractivity contribution in [3.63, 3.8) is 0 Å². The van der Waals surface area contributed by atoms with Crippen LogP contribution in [0.4, 0.5) is 13.2 Å². The lowest BCUT2D eigenvalue weighted by atomic mass is 10.0. The number of halogens is 3. The van der Waals surface area contributed by atoms with Crippen LogP contribution in [-0.2, 0) is 6.18 Å². The third-order valence-electron chi connectivity index (χ3n) is 2.90. The molecule has 2 nitrogen and oxygen atoms in total. The van der Waals surface area contributed by atoms with E-state index in [9.17, 15) is 13.2 Å². The van der Waals surface area contributed by atoms with Crippen molar-refractivity contribution in [3.8, 4) is 0 Å². The molecule has 1 aromatic heterocycles. The SMILES string of the molecule is CCSN1CC=C(c2ccc(C(F)(F)F)cn2)CC1. The Morgan fingerprint density at radius 2 is 2.16 bits per heavy atom. The van der Waals surface area contributed by atoms with Crippen LogP contribution < -0.4 is 0 Å². The Bertz CT molecular complexity index is 454. The van der Waals surface area contributed by atoms with Crippen LogP contribution in [0.3, 0.4) is 0 Å². The number of rotatable bonds is 3. The van der Waals surface area contributed by atoms with Crippen LogP contribution in [0.5, 0.6) is 0 Å². The first-order chi connectivity index (χ1) is 9.00. The van der Waals surface area contributed by atoms with Gasteiger partial charge < -0.3 is 0 Å². The van der Waals surface area contributed by atoms with Crippen molar-refractivity contribution >= 4 is 17.5 Å². The van der Waals surface area contributed by atoms with Crippen molar-refractivity contribution in [2.75, 3.05) is 18.8 Å². The maximum Gasteiger partial charge on any atom is 0.417 e. The maximum absolute atomic E-state index is 12.4. The van der Waals surface area contributed by atoms with Gasteiger partial charge in [0, 0.05) is 25.0 Å². The van der Waals surface area contributed by atoms with E-state index in [1.807, 2.05) is 6.08 Å². The van der Waals surface area contributed by atoms with Gasteiger partial charge in [0.25, 0.3) is 0 Å². The maximum atomic E-state index is 12.4. The third kappa shape index (κ3) is 3.73. The molecule has 0 unspecified atom stereocenters. The molecule has 0 N–H and O–H groups in total. The second-order valence-electron chi connectivity index (χ2n) is 4.21. The van der Waals surface area contributed by atoms with Gasteiger partial charge in [-0.05, 0) is 24.1 Å². The normalized spacial score (nSPS) is 17.4. The quantitative estimate of drug-likeness (QED) is 0.786. The third-order valence-corrected chi connectivity index (χ3v) is 3.86. The Kier molecular flexibility index (Phi) is 4.52. The predicted octanol–water partition coefficient (Wildman–Crippen LogP) is 3.86. The van der Waals surface area contributed by atoms with Crippen molar-refractivity contribution in [2.45, 2.75) is 19.5 Å². The fourth-order valence-electron chi connectivity index (χ4n) is 1.93. The van der Waals surface area contributed by atoms with E-state index in [1.165, 1.54) is 6.07 Å². The summed E-state index contributed by atoms with van der Waals surface area (Å²) in [5, 5.41) is 0. The minimum absolute atomic E-state index is 0.647. The second kappa shape index (κ2) is 5.96. The first-order valence-electron chi connectivity index (χ1n) is 6.11. The summed E-state index contributed by atoms with van der Waals surface area (Å²) in [4.78, 5) is 3.93. The number of pyridine rings is 1. The summed E-state index contributed by atoms with van der Waals surface area (Å²) in [7, 11) is 0. The molecule has 2 heterocycles. The zero-order valence-electron chi connectivity index (χ0n) is 10.6. The standard InChI is InChI=1S/C13H15F3N2S/c1-2-19-18-7-5-10(6-8-18)12-4-3-11(9-17-12)13(14,15)16/h3-5,9H,2,6-8H2,1H3. The molecule has 6 heteroatoms. The topological polar surface area (TPSA) is 16.1 Å². The highest BCUT2D eigenvalue weighted by atomic mass is 32.2. The van der Waals surface area contributed by atoms with E-state index in [4.69, 9.17) is 0 Å². The molecule has 104 valence electrons. The summed E-state index contributed by atoms with van der Waals surface area (Å²) < 4.78 is 39.5. The minimum atomic E-state index is -4.32. The lowest BCUT2D eigenvalue weighted by Gasteiger charge is -2.24. The number of alkyl halides is 3. The van der Waals surface area contributed by atoms with E-state index in [1.54, 1.807) is 11.9 Å². The zero-order chi connectivity index (χ0) is 13.9. The van der Waals surface area contributed by atoms with Crippen LogP contribution in [0.15, 0.2) is 24.4 Å². The van der Waals surface area contributed by atoms with Gasteiger partial charge in [0.15, 0.2) is 0 Å². The summed E-state index contributed by atoms with van der Waals surface area (Å²) in [5.41, 5.74) is 0.978. The lowest BCUT2D eigenvalue weighted by Crippen LogP contribution is -2.22. The Morgan fingerprint density at radius 3 is 2.63 bits per heavy atom. The number of aromatic nitrogens is 1. The van der Waals surface area contributed by atoms with Gasteiger partial charge in [0.1, 0.15) is 0 Å². The van der Waals surface area contributed by atoms with Crippen LogP contribution in [0.2, 0.25) is 0 Å². The van der Waals surface area contributed by atoms with Gasteiger partial charge >= 0.3 is 6.18 Å². The molecule has 0 saturated carbocycles. The highest BCUT2D eigenvalue weighted by Gasteiger charge is 2.30. The van der Waals surface area contributed by atoms with E-state index >= 15 is 0 Å². The van der Waals surface area contributed by atoms with Crippen LogP contribution >= 0.6 is 11.9 Å². The van der Waals surface area contributed by atoms with Crippen LogP contribution in [0.25, 0.3) is 5.57 Å². The Labute approximate surface area is 114 Å². The van der Waals surface area contributed by atoms with Crippen molar-refractivity contribution in [2.24, 2.45) is 0 Å². The summed E-state index contributed by atoms with van der Waals surface area (Å²) in [6.45, 7) is 3.82. The molecule has 0 aromatic carbocycles. The van der Waals surface area contributed by atoms with Crippen LogP contribution in [0, 0.1) is 0 Å². The molecule has 1 aromatic rings. The highest BCUT2D eigenvalue weighted by molar-refractivity contribution is 7.96. The fraction of sp³-hybridized carbons (Fsp3) is 0.462. The number of hydrogen-bond acceptors (Lipinski definition) is 3. The molecule has 0 fully saturated rings. The van der Waals surface area contributed by atoms with Crippen molar-refractivity contribution in [1.82, 2.24) is 9.29 Å². The van der Waals surface area contributed by atoms with Gasteiger partial charge in [0.2, 0.25) is 0 Å². The van der Waals surface area contributed by atoms with Gasteiger partial charge in [-0.25, -0.2) is 4.31 Å². The van der Waals surface area contributed by atoms with E-state index in [0.29, 0.717) is 5.69 Å². The highest BCUT2D eigenvalue weighted by Crippen LogP contribution is 2.30. The molecule has 0 bridgehead atoms. The molecule has 19 heavy (non-hydrogen) atoms. The molecular formula is C13H15F3N2S. The molecule has 0 radical (unpaired) electrons. The monoisotopic (exact) mass is 288 g/mol. The van der Waals surface area contributed by atoms with Crippen LogP contribution in [0.1, 0.15) is 24.6 Å². The first-order valence-corrected chi connectivity index (χ1v) is 7.05. The molecule has 2 rings (SSSR count). The van der Waals surface area contributed by atoms with Crippen molar-refractivity contribution in [1.29, 1.82) is 0 Å². The Balaban J connectivity index is 2.07. The van der Waals surface area contributed by atoms with Gasteiger partial charge in [-0.15, -0.1) is 0 Å². The van der Waals surface area contributed by atoms with Crippen molar-refractivity contribution in [3.05, 3.63) is 35.7 Å². The summed E-state index contributed by atoms with van der Waals surface area (Å²) in [6.07, 6.45) is -0.544. The molecule has 1 aliphatic heterocycles. The average Bonchev–Trinajstić information content (AvgIpc) is 2.39. The van der Waals surface area contributed by atoms with E-state index < -0.39 is 11.7 Å². The smallest absolute Gasteiger partial charge is 0.256 e. The summed E-state index contributed by atoms with van der Waals surface area (Å²) in [6, 6.07) is 2.55. The molecular weight excluding hydrogens is 273 g/mol. The fourth-order valence-corrected chi connectivity index (χ4v) is 2.70. The number of hydrogen-bond donors (Lipinski definition) is 0.